The van der Waals surface area contributed by atoms with Gasteiger partial charge in [0.1, 0.15) is 0 Å². The predicted octanol–water partition coefficient (Wildman–Crippen LogP) is 3.56. The molecule has 0 unspecified atom stereocenters. The molecule has 76 valence electrons. The molecule has 1 aromatic rings. The van der Waals surface area contributed by atoms with Gasteiger partial charge in [0.2, 0.25) is 0 Å². The summed E-state index contributed by atoms with van der Waals surface area (Å²) in [7, 11) is 0. The Morgan fingerprint density at radius 3 is 2.36 bits per heavy atom. The van der Waals surface area contributed by atoms with Crippen LogP contribution in [0.1, 0.15) is 36.7 Å². The first kappa shape index (κ1) is 11.4. The molecule has 0 spiro atoms. The third-order valence-corrected chi connectivity index (χ3v) is 2.67. The summed E-state index contributed by atoms with van der Waals surface area (Å²) in [5.74, 6) is 0.149. The average Bonchev–Trinajstić information content (AvgIpc) is 2.15. The minimum Gasteiger partial charge on any atom is -0.293 e. The van der Waals surface area contributed by atoms with Crippen LogP contribution in [0.15, 0.2) is 24.3 Å². The third-order valence-electron chi connectivity index (χ3n) is 2.16. The molecule has 1 nitrogen and oxygen atoms in total. The van der Waals surface area contributed by atoms with Crippen LogP contribution in [0.5, 0.6) is 0 Å². The van der Waals surface area contributed by atoms with Crippen LogP contribution in [0.3, 0.4) is 0 Å². The van der Waals surface area contributed by atoms with Crippen LogP contribution in [0.2, 0.25) is 0 Å². The molecule has 0 aliphatic carbocycles. The Labute approximate surface area is 93.7 Å². The summed E-state index contributed by atoms with van der Waals surface area (Å²) in [5, 5.41) is 0.389. The van der Waals surface area contributed by atoms with E-state index in [0.29, 0.717) is 5.33 Å². The van der Waals surface area contributed by atoms with Gasteiger partial charge in [-0.3, -0.25) is 4.79 Å². The number of benzene rings is 1. The molecular formula is C12H15BrO. The second-order valence-corrected chi connectivity index (χ2v) is 4.91. The SMILES string of the molecule is CC(C)(C)c1ccccc1C(=O)CBr. The molecular weight excluding hydrogens is 240 g/mol. The van der Waals surface area contributed by atoms with Gasteiger partial charge in [0.05, 0.1) is 5.33 Å². The lowest BCUT2D eigenvalue weighted by Gasteiger charge is -2.21. The van der Waals surface area contributed by atoms with Crippen molar-refractivity contribution in [2.45, 2.75) is 26.2 Å². The van der Waals surface area contributed by atoms with Crippen molar-refractivity contribution in [3.63, 3.8) is 0 Å². The highest BCUT2D eigenvalue weighted by Crippen LogP contribution is 2.26. The quantitative estimate of drug-likeness (QED) is 0.583. The molecule has 0 atom stereocenters. The summed E-state index contributed by atoms with van der Waals surface area (Å²) in [4.78, 5) is 11.6. The van der Waals surface area contributed by atoms with Crippen LogP contribution in [0, 0.1) is 0 Å². The molecule has 0 radical (unpaired) electrons. The molecule has 0 aliphatic rings. The van der Waals surface area contributed by atoms with Crippen molar-refractivity contribution in [2.75, 3.05) is 5.33 Å². The van der Waals surface area contributed by atoms with Gasteiger partial charge in [-0.25, -0.2) is 0 Å². The number of hydrogen-bond donors (Lipinski definition) is 0. The Balaban J connectivity index is 3.23. The van der Waals surface area contributed by atoms with Crippen molar-refractivity contribution < 1.29 is 4.79 Å². The predicted molar refractivity (Wildman–Crippen MR) is 63.3 cm³/mol. The van der Waals surface area contributed by atoms with Gasteiger partial charge in [0.25, 0.3) is 0 Å². The zero-order valence-corrected chi connectivity index (χ0v) is 10.4. The summed E-state index contributed by atoms with van der Waals surface area (Å²) in [5.41, 5.74) is 1.97. The van der Waals surface area contributed by atoms with Gasteiger partial charge >= 0.3 is 0 Å². The maximum atomic E-state index is 11.6. The molecule has 2 heteroatoms. The lowest BCUT2D eigenvalue weighted by molar-refractivity contribution is 0.102. The zero-order valence-electron chi connectivity index (χ0n) is 8.80. The molecule has 0 amide bonds. The van der Waals surface area contributed by atoms with E-state index < -0.39 is 0 Å². The molecule has 1 rings (SSSR count). The monoisotopic (exact) mass is 254 g/mol. The lowest BCUT2D eigenvalue weighted by atomic mass is 9.83. The molecule has 0 N–H and O–H groups in total. The van der Waals surface area contributed by atoms with Crippen LogP contribution in [0.4, 0.5) is 0 Å². The fourth-order valence-corrected chi connectivity index (χ4v) is 1.75. The van der Waals surface area contributed by atoms with Crippen LogP contribution in [0.25, 0.3) is 0 Å². The summed E-state index contributed by atoms with van der Waals surface area (Å²) >= 11 is 3.20. The summed E-state index contributed by atoms with van der Waals surface area (Å²) in [6, 6.07) is 7.80. The van der Waals surface area contributed by atoms with Crippen LogP contribution in [-0.4, -0.2) is 11.1 Å². The Morgan fingerprint density at radius 1 is 1.29 bits per heavy atom. The fourth-order valence-electron chi connectivity index (χ4n) is 1.45. The van der Waals surface area contributed by atoms with E-state index in [1.54, 1.807) is 0 Å². The first-order valence-electron chi connectivity index (χ1n) is 4.65. The summed E-state index contributed by atoms with van der Waals surface area (Å²) in [6.07, 6.45) is 0. The first-order valence-corrected chi connectivity index (χ1v) is 5.77. The van der Waals surface area contributed by atoms with Gasteiger partial charge in [0.15, 0.2) is 5.78 Å². The van der Waals surface area contributed by atoms with Crippen molar-refractivity contribution in [3.05, 3.63) is 35.4 Å². The van der Waals surface area contributed by atoms with Gasteiger partial charge < -0.3 is 0 Å². The minimum absolute atomic E-state index is 0.0222. The second kappa shape index (κ2) is 4.26. The van der Waals surface area contributed by atoms with Crippen molar-refractivity contribution in [1.82, 2.24) is 0 Å². The van der Waals surface area contributed by atoms with Gasteiger partial charge in [0, 0.05) is 5.56 Å². The van der Waals surface area contributed by atoms with Crippen LogP contribution < -0.4 is 0 Å². The van der Waals surface area contributed by atoms with E-state index in [2.05, 4.69) is 36.7 Å². The largest absolute Gasteiger partial charge is 0.293 e. The van der Waals surface area contributed by atoms with E-state index in [4.69, 9.17) is 0 Å². The highest BCUT2D eigenvalue weighted by atomic mass is 79.9. The van der Waals surface area contributed by atoms with E-state index in [-0.39, 0.29) is 11.2 Å². The fraction of sp³-hybridized carbons (Fsp3) is 0.417. The van der Waals surface area contributed by atoms with Gasteiger partial charge in [-0.15, -0.1) is 0 Å². The molecule has 1 aromatic carbocycles. The number of carbonyl (C=O) groups is 1. The second-order valence-electron chi connectivity index (χ2n) is 4.35. The highest BCUT2D eigenvalue weighted by molar-refractivity contribution is 9.09. The van der Waals surface area contributed by atoms with Crippen molar-refractivity contribution in [3.8, 4) is 0 Å². The Hall–Kier alpha value is -0.630. The molecule has 0 fully saturated rings. The van der Waals surface area contributed by atoms with E-state index in [1.807, 2.05) is 24.3 Å². The number of rotatable bonds is 2. The number of ketones is 1. The molecule has 0 heterocycles. The third kappa shape index (κ3) is 2.44. The minimum atomic E-state index is 0.0222. The van der Waals surface area contributed by atoms with E-state index >= 15 is 0 Å². The molecule has 0 aliphatic heterocycles. The number of hydrogen-bond acceptors (Lipinski definition) is 1. The maximum absolute atomic E-state index is 11.6. The van der Waals surface area contributed by atoms with E-state index in [0.717, 1.165) is 11.1 Å². The maximum Gasteiger partial charge on any atom is 0.173 e. The van der Waals surface area contributed by atoms with Crippen LogP contribution in [-0.2, 0) is 5.41 Å². The number of carbonyl (C=O) groups excluding carboxylic acids is 1. The topological polar surface area (TPSA) is 17.1 Å². The van der Waals surface area contributed by atoms with Gasteiger partial charge in [-0.05, 0) is 11.0 Å². The number of Topliss-reactive ketones (excluding diaryl/α,β-unsaturated/α-hetero) is 1. The molecule has 0 aromatic heterocycles. The van der Waals surface area contributed by atoms with E-state index in [1.165, 1.54) is 0 Å². The van der Waals surface area contributed by atoms with Crippen LogP contribution >= 0.6 is 15.9 Å². The average molecular weight is 255 g/mol. The zero-order chi connectivity index (χ0) is 10.8. The molecule has 0 saturated carbocycles. The lowest BCUT2D eigenvalue weighted by Crippen LogP contribution is -2.17. The number of halogens is 1. The summed E-state index contributed by atoms with van der Waals surface area (Å²) in [6.45, 7) is 6.36. The summed E-state index contributed by atoms with van der Waals surface area (Å²) < 4.78 is 0. The normalized spacial score (nSPS) is 11.4. The van der Waals surface area contributed by atoms with Crippen molar-refractivity contribution >= 4 is 21.7 Å². The Bertz CT molecular complexity index is 336. The number of alkyl halides is 1. The Kier molecular flexibility index (Phi) is 3.48. The van der Waals surface area contributed by atoms with Gasteiger partial charge in [-0.2, -0.15) is 0 Å². The van der Waals surface area contributed by atoms with Crippen molar-refractivity contribution in [1.29, 1.82) is 0 Å². The molecule has 0 saturated heterocycles. The highest BCUT2D eigenvalue weighted by Gasteiger charge is 2.20. The smallest absolute Gasteiger partial charge is 0.173 e. The van der Waals surface area contributed by atoms with Gasteiger partial charge in [-0.1, -0.05) is 61.0 Å². The molecule has 14 heavy (non-hydrogen) atoms. The molecule has 0 bridgehead atoms. The first-order chi connectivity index (χ1) is 6.46. The van der Waals surface area contributed by atoms with Crippen molar-refractivity contribution in [2.24, 2.45) is 0 Å². The van der Waals surface area contributed by atoms with E-state index in [9.17, 15) is 4.79 Å². The Morgan fingerprint density at radius 2 is 1.86 bits per heavy atom. The standard InChI is InChI=1S/C12H15BrO/c1-12(2,3)10-7-5-4-6-9(10)11(14)8-13/h4-7H,8H2,1-3H3.